The van der Waals surface area contributed by atoms with Crippen molar-refractivity contribution >= 4 is 41.5 Å². The minimum Gasteiger partial charge on any atom is -0.480 e. The first kappa shape index (κ1) is 36.0. The average molecular weight is 572 g/mol. The fourth-order valence-corrected chi connectivity index (χ4v) is 3.39. The molecule has 0 fully saturated rings. The number of hydrogen-bond donors (Lipinski definition) is 10. The van der Waals surface area contributed by atoms with Gasteiger partial charge in [0.15, 0.2) is 5.96 Å². The fourth-order valence-electron chi connectivity index (χ4n) is 3.39. The first-order chi connectivity index (χ1) is 18.5. The fraction of sp³-hybridized carbons (Fsp3) is 0.708. The Bertz CT molecular complexity index is 928. The van der Waals surface area contributed by atoms with Crippen molar-refractivity contribution in [3.05, 3.63) is 0 Å². The number of carbonyl (C=O) groups excluding carboxylic acids is 5. The Hall–Kier alpha value is -3.95. The van der Waals surface area contributed by atoms with E-state index in [0.29, 0.717) is 12.8 Å². The molecule has 0 unspecified atom stereocenters. The Kier molecular flexibility index (Phi) is 15.9. The summed E-state index contributed by atoms with van der Waals surface area (Å²) >= 11 is 0. The summed E-state index contributed by atoms with van der Waals surface area (Å²) in [6.45, 7) is 8.45. The van der Waals surface area contributed by atoms with Crippen molar-refractivity contribution in [2.75, 3.05) is 6.54 Å². The Labute approximate surface area is 233 Å². The maximum absolute atomic E-state index is 13.1. The van der Waals surface area contributed by atoms with Crippen LogP contribution in [0.1, 0.15) is 60.3 Å². The number of carbonyl (C=O) groups is 6. The predicted molar refractivity (Wildman–Crippen MR) is 146 cm³/mol. The number of carboxylic acid groups (broad SMARTS) is 1. The third-order valence-corrected chi connectivity index (χ3v) is 6.20. The number of hydrogen-bond acceptors (Lipinski definition) is 8. The van der Waals surface area contributed by atoms with E-state index in [2.05, 4.69) is 26.6 Å². The van der Waals surface area contributed by atoms with Crippen LogP contribution in [0.3, 0.4) is 0 Å². The first-order valence-corrected chi connectivity index (χ1v) is 13.1. The van der Waals surface area contributed by atoms with E-state index < -0.39 is 78.1 Å². The maximum Gasteiger partial charge on any atom is 0.326 e. The van der Waals surface area contributed by atoms with Crippen molar-refractivity contribution < 1.29 is 33.9 Å². The Balaban J connectivity index is 5.47. The lowest BCUT2D eigenvalue weighted by molar-refractivity contribution is -0.142. The number of nitrogens with one attached hydrogen (secondary N) is 6. The second-order valence-corrected chi connectivity index (χ2v) is 9.99. The summed E-state index contributed by atoms with van der Waals surface area (Å²) in [6.07, 6.45) is 0.250. The van der Waals surface area contributed by atoms with Gasteiger partial charge >= 0.3 is 5.97 Å². The summed E-state index contributed by atoms with van der Waals surface area (Å²) in [6, 6.07) is -5.91. The zero-order chi connectivity index (χ0) is 31.2. The Morgan fingerprint density at radius 3 is 1.88 bits per heavy atom. The number of aliphatic carboxylic acids is 1. The highest BCUT2D eigenvalue weighted by Gasteiger charge is 2.33. The molecule has 6 atom stereocenters. The molecule has 0 radical (unpaired) electrons. The van der Waals surface area contributed by atoms with E-state index in [4.69, 9.17) is 22.6 Å². The molecule has 16 nitrogen and oxygen atoms in total. The number of rotatable bonds is 18. The van der Waals surface area contributed by atoms with Gasteiger partial charge in [-0.15, -0.1) is 0 Å². The van der Waals surface area contributed by atoms with E-state index in [-0.39, 0.29) is 24.8 Å². The summed E-state index contributed by atoms with van der Waals surface area (Å²) in [4.78, 5) is 74.3. The lowest BCUT2D eigenvalue weighted by atomic mass is 9.97. The topological polar surface area (TPSA) is 285 Å². The quantitative estimate of drug-likeness (QED) is 0.0458. The van der Waals surface area contributed by atoms with Crippen molar-refractivity contribution in [3.8, 4) is 0 Å². The Morgan fingerprint density at radius 2 is 1.40 bits per heavy atom. The summed E-state index contributed by atoms with van der Waals surface area (Å²) in [5, 5.41) is 28.8. The molecule has 0 aromatic heterocycles. The van der Waals surface area contributed by atoms with E-state index in [1.165, 1.54) is 6.92 Å². The number of nitrogens with two attached hydrogens (primary N) is 3. The molecule has 13 N–H and O–H groups in total. The molecule has 0 saturated carbocycles. The molecule has 0 bridgehead atoms. The smallest absolute Gasteiger partial charge is 0.326 e. The second-order valence-electron chi connectivity index (χ2n) is 9.99. The molecule has 5 amide bonds. The minimum atomic E-state index is -1.39. The largest absolute Gasteiger partial charge is 0.480 e. The van der Waals surface area contributed by atoms with Gasteiger partial charge in [0, 0.05) is 6.54 Å². The van der Waals surface area contributed by atoms with Gasteiger partial charge < -0.3 is 48.9 Å². The van der Waals surface area contributed by atoms with Gasteiger partial charge in [-0.05, 0) is 31.6 Å². The zero-order valence-corrected chi connectivity index (χ0v) is 23.7. The van der Waals surface area contributed by atoms with Crippen LogP contribution in [0.2, 0.25) is 0 Å². The summed E-state index contributed by atoms with van der Waals surface area (Å²) < 4.78 is 0. The zero-order valence-electron chi connectivity index (χ0n) is 23.7. The predicted octanol–water partition coefficient (Wildman–Crippen LogP) is -2.80. The third kappa shape index (κ3) is 13.2. The second kappa shape index (κ2) is 17.6. The van der Waals surface area contributed by atoms with Crippen molar-refractivity contribution in [2.45, 2.75) is 90.5 Å². The van der Waals surface area contributed by atoms with Crippen LogP contribution in [0.4, 0.5) is 0 Å². The van der Waals surface area contributed by atoms with Crippen molar-refractivity contribution in [3.63, 3.8) is 0 Å². The van der Waals surface area contributed by atoms with E-state index in [9.17, 15) is 33.9 Å². The van der Waals surface area contributed by atoms with Crippen LogP contribution in [-0.4, -0.2) is 83.3 Å². The van der Waals surface area contributed by atoms with E-state index in [1.807, 2.05) is 0 Å². The SMILES string of the molecule is CC[C@H](C)[C@H](NC(=O)[C@H](CC(N)=O)NC(=O)[C@@H](N)C(C)C)C(=O)N[C@@H](C)C(=O)N[C@@H](CCCNC(=N)N)C(=O)O. The lowest BCUT2D eigenvalue weighted by Crippen LogP contribution is -2.60. The number of guanidine groups is 1. The molecule has 0 aromatic carbocycles. The van der Waals surface area contributed by atoms with E-state index in [1.54, 1.807) is 27.7 Å². The molecular weight excluding hydrogens is 526 g/mol. The molecule has 16 heteroatoms. The third-order valence-electron chi connectivity index (χ3n) is 6.20. The molecule has 228 valence electrons. The van der Waals surface area contributed by atoms with Crippen molar-refractivity contribution in [1.29, 1.82) is 5.41 Å². The highest BCUT2D eigenvalue weighted by atomic mass is 16.4. The van der Waals surface area contributed by atoms with Crippen LogP contribution in [0.15, 0.2) is 0 Å². The van der Waals surface area contributed by atoms with Crippen LogP contribution in [-0.2, 0) is 28.8 Å². The van der Waals surface area contributed by atoms with Crippen LogP contribution >= 0.6 is 0 Å². The highest BCUT2D eigenvalue weighted by molar-refractivity contribution is 5.97. The van der Waals surface area contributed by atoms with Crippen molar-refractivity contribution in [2.24, 2.45) is 29.0 Å². The lowest BCUT2D eigenvalue weighted by Gasteiger charge is -2.28. The molecule has 0 aliphatic carbocycles. The molecule has 0 aromatic rings. The number of amides is 5. The van der Waals surface area contributed by atoms with Gasteiger partial charge in [-0.25, -0.2) is 4.79 Å². The molecule has 0 saturated heterocycles. The molecule has 0 aliphatic heterocycles. The molecule has 0 rings (SSSR count). The normalized spacial score (nSPS) is 15.4. The van der Waals surface area contributed by atoms with Gasteiger partial charge in [0.25, 0.3) is 0 Å². The van der Waals surface area contributed by atoms with Gasteiger partial charge in [-0.3, -0.25) is 29.4 Å². The molecular formula is C24H45N9O7. The van der Waals surface area contributed by atoms with Gasteiger partial charge in [0.05, 0.1) is 12.5 Å². The average Bonchev–Trinajstić information content (AvgIpc) is 2.86. The Morgan fingerprint density at radius 1 is 0.825 bits per heavy atom. The van der Waals surface area contributed by atoms with Crippen LogP contribution in [0.25, 0.3) is 0 Å². The van der Waals surface area contributed by atoms with Crippen LogP contribution in [0, 0.1) is 17.2 Å². The molecule has 0 heterocycles. The standard InChI is InChI=1S/C24H45N9O7/c1-6-12(4)18(33-20(36)15(10-16(25)34)32-21(37)17(26)11(2)3)22(38)30-13(5)19(35)31-14(23(39)40)8-7-9-29-24(27)28/h11-15,17-18H,6-10,26H2,1-5H3,(H2,25,34)(H,30,38)(H,31,35)(H,32,37)(H,33,36)(H,39,40)(H4,27,28,29)/t12-,13-,14-,15-,17-,18-/m0/s1. The van der Waals surface area contributed by atoms with Gasteiger partial charge in [0.1, 0.15) is 24.2 Å². The molecule has 0 aliphatic rings. The highest BCUT2D eigenvalue weighted by Crippen LogP contribution is 2.10. The monoisotopic (exact) mass is 571 g/mol. The molecule has 0 spiro atoms. The van der Waals surface area contributed by atoms with Crippen molar-refractivity contribution in [1.82, 2.24) is 26.6 Å². The number of carboxylic acids is 1. The molecule has 40 heavy (non-hydrogen) atoms. The van der Waals surface area contributed by atoms with E-state index in [0.717, 1.165) is 0 Å². The summed E-state index contributed by atoms with van der Waals surface area (Å²) in [5.74, 6) is -6.09. The van der Waals surface area contributed by atoms with Gasteiger partial charge in [-0.2, -0.15) is 0 Å². The first-order valence-electron chi connectivity index (χ1n) is 13.1. The summed E-state index contributed by atoms with van der Waals surface area (Å²) in [7, 11) is 0. The van der Waals surface area contributed by atoms with Crippen LogP contribution in [0.5, 0.6) is 0 Å². The van der Waals surface area contributed by atoms with Crippen LogP contribution < -0.4 is 43.8 Å². The van der Waals surface area contributed by atoms with Gasteiger partial charge in [0.2, 0.25) is 29.5 Å². The number of primary amides is 1. The summed E-state index contributed by atoms with van der Waals surface area (Å²) in [5.41, 5.74) is 16.2. The van der Waals surface area contributed by atoms with Gasteiger partial charge in [-0.1, -0.05) is 34.1 Å². The van der Waals surface area contributed by atoms with E-state index >= 15 is 0 Å². The maximum atomic E-state index is 13.1. The minimum absolute atomic E-state index is 0.0427.